The van der Waals surface area contributed by atoms with E-state index in [4.69, 9.17) is 11.6 Å². The van der Waals surface area contributed by atoms with Gasteiger partial charge in [0, 0.05) is 5.88 Å². The normalized spacial score (nSPS) is 17.7. The summed E-state index contributed by atoms with van der Waals surface area (Å²) in [5.41, 5.74) is 3.36. The fourth-order valence-corrected chi connectivity index (χ4v) is 2.14. The molecule has 0 radical (unpaired) electrons. The molecule has 0 amide bonds. The van der Waals surface area contributed by atoms with Gasteiger partial charge in [0.25, 0.3) is 0 Å². The Bertz CT molecular complexity index is 240. The second-order valence-electron chi connectivity index (χ2n) is 4.97. The Kier molecular flexibility index (Phi) is 4.25. The van der Waals surface area contributed by atoms with Crippen LogP contribution in [-0.2, 0) is 0 Å². The molecular weight excluding hydrogens is 192 g/mol. The predicted octanol–water partition coefficient (Wildman–Crippen LogP) is 4.70. The van der Waals surface area contributed by atoms with Gasteiger partial charge in [-0.25, -0.2) is 0 Å². The highest BCUT2D eigenvalue weighted by molar-refractivity contribution is 6.17. The minimum Gasteiger partial charge on any atom is -0.127 e. The molecule has 0 heterocycles. The van der Waals surface area contributed by atoms with Gasteiger partial charge in [-0.3, -0.25) is 0 Å². The van der Waals surface area contributed by atoms with Gasteiger partial charge in [-0.05, 0) is 42.2 Å². The van der Waals surface area contributed by atoms with Gasteiger partial charge in [0.05, 0.1) is 0 Å². The third-order valence-electron chi connectivity index (χ3n) is 2.64. The quantitative estimate of drug-likeness (QED) is 0.595. The molecule has 0 aromatic carbocycles. The maximum atomic E-state index is 5.74. The molecule has 0 aliphatic heterocycles. The molecule has 0 fully saturated rings. The number of allylic oxidation sites excluding steroid dienone is 4. The molecule has 1 aliphatic rings. The van der Waals surface area contributed by atoms with Crippen molar-refractivity contribution in [2.24, 2.45) is 5.41 Å². The Morgan fingerprint density at radius 3 is 2.43 bits per heavy atom. The van der Waals surface area contributed by atoms with Crippen molar-refractivity contribution in [2.45, 2.75) is 46.5 Å². The summed E-state index contributed by atoms with van der Waals surface area (Å²) in [5, 5.41) is 0. The molecule has 0 nitrogen and oxygen atoms in total. The average molecular weight is 213 g/mol. The van der Waals surface area contributed by atoms with Gasteiger partial charge in [-0.1, -0.05) is 32.9 Å². The smallest absolute Gasteiger partial charge is 0.0226 e. The van der Waals surface area contributed by atoms with Crippen LogP contribution in [0, 0.1) is 5.41 Å². The van der Waals surface area contributed by atoms with Crippen molar-refractivity contribution < 1.29 is 0 Å². The van der Waals surface area contributed by atoms with E-state index in [0.717, 1.165) is 18.7 Å². The molecule has 0 spiro atoms. The first kappa shape index (κ1) is 11.8. The van der Waals surface area contributed by atoms with Gasteiger partial charge < -0.3 is 0 Å². The third kappa shape index (κ3) is 3.16. The van der Waals surface area contributed by atoms with E-state index in [1.165, 1.54) is 24.0 Å². The zero-order valence-electron chi connectivity index (χ0n) is 9.57. The largest absolute Gasteiger partial charge is 0.127 e. The van der Waals surface area contributed by atoms with Crippen LogP contribution in [0.15, 0.2) is 23.3 Å². The van der Waals surface area contributed by atoms with E-state index in [0.29, 0.717) is 5.41 Å². The summed E-state index contributed by atoms with van der Waals surface area (Å²) < 4.78 is 0. The number of hydrogen-bond donors (Lipinski definition) is 0. The summed E-state index contributed by atoms with van der Waals surface area (Å²) >= 11 is 5.74. The summed E-state index contributed by atoms with van der Waals surface area (Å²) in [6.07, 6.45) is 9.46. The summed E-state index contributed by atoms with van der Waals surface area (Å²) in [7, 11) is 0. The first-order chi connectivity index (χ1) is 6.55. The van der Waals surface area contributed by atoms with Crippen molar-refractivity contribution in [3.63, 3.8) is 0 Å². The van der Waals surface area contributed by atoms with Crippen LogP contribution in [0.5, 0.6) is 0 Å². The molecule has 1 rings (SSSR count). The third-order valence-corrected chi connectivity index (χ3v) is 2.91. The second kappa shape index (κ2) is 5.02. The van der Waals surface area contributed by atoms with Gasteiger partial charge in [0.15, 0.2) is 0 Å². The number of rotatable bonds is 3. The number of hydrogen-bond acceptors (Lipinski definition) is 0. The van der Waals surface area contributed by atoms with Gasteiger partial charge in [0.2, 0.25) is 0 Å². The van der Waals surface area contributed by atoms with Crippen molar-refractivity contribution in [2.75, 3.05) is 5.88 Å². The maximum absolute atomic E-state index is 5.74. The molecule has 0 saturated carbocycles. The lowest BCUT2D eigenvalue weighted by Gasteiger charge is -2.28. The van der Waals surface area contributed by atoms with Crippen LogP contribution >= 0.6 is 11.6 Å². The SMILES string of the molecule is CC(C)(C)C1=CCCC=C1CCCCl. The lowest BCUT2D eigenvalue weighted by molar-refractivity contribution is 0.500. The first-order valence-electron chi connectivity index (χ1n) is 5.51. The van der Waals surface area contributed by atoms with E-state index < -0.39 is 0 Å². The van der Waals surface area contributed by atoms with Gasteiger partial charge >= 0.3 is 0 Å². The molecule has 1 aliphatic carbocycles. The van der Waals surface area contributed by atoms with Crippen molar-refractivity contribution in [1.82, 2.24) is 0 Å². The Hall–Kier alpha value is -0.230. The molecule has 0 atom stereocenters. The highest BCUT2D eigenvalue weighted by atomic mass is 35.5. The molecule has 1 heteroatoms. The maximum Gasteiger partial charge on any atom is 0.0226 e. The Balaban J connectivity index is 2.72. The average Bonchev–Trinajstić information content (AvgIpc) is 2.14. The van der Waals surface area contributed by atoms with Gasteiger partial charge in [-0.15, -0.1) is 11.6 Å². The van der Waals surface area contributed by atoms with Gasteiger partial charge in [0.1, 0.15) is 0 Å². The van der Waals surface area contributed by atoms with Crippen LogP contribution in [0.25, 0.3) is 0 Å². The highest BCUT2D eigenvalue weighted by Crippen LogP contribution is 2.36. The van der Waals surface area contributed by atoms with Crippen molar-refractivity contribution >= 4 is 11.6 Å². The lowest BCUT2D eigenvalue weighted by atomic mass is 9.78. The van der Waals surface area contributed by atoms with E-state index in [-0.39, 0.29) is 0 Å². The lowest BCUT2D eigenvalue weighted by Crippen LogP contribution is -2.13. The molecule has 80 valence electrons. The minimum atomic E-state index is 0.290. The number of alkyl halides is 1. The van der Waals surface area contributed by atoms with E-state index in [1.807, 2.05) is 0 Å². The Morgan fingerprint density at radius 2 is 1.86 bits per heavy atom. The molecule has 0 bridgehead atoms. The summed E-state index contributed by atoms with van der Waals surface area (Å²) in [5.74, 6) is 0.773. The monoisotopic (exact) mass is 212 g/mol. The molecule has 14 heavy (non-hydrogen) atoms. The van der Waals surface area contributed by atoms with E-state index >= 15 is 0 Å². The Morgan fingerprint density at radius 1 is 1.21 bits per heavy atom. The minimum absolute atomic E-state index is 0.290. The van der Waals surface area contributed by atoms with Crippen molar-refractivity contribution in [1.29, 1.82) is 0 Å². The molecule has 0 N–H and O–H groups in total. The van der Waals surface area contributed by atoms with Crippen LogP contribution in [0.3, 0.4) is 0 Å². The van der Waals surface area contributed by atoms with E-state index in [2.05, 4.69) is 32.9 Å². The summed E-state index contributed by atoms with van der Waals surface area (Å²) in [6, 6.07) is 0. The zero-order valence-corrected chi connectivity index (χ0v) is 10.3. The summed E-state index contributed by atoms with van der Waals surface area (Å²) in [4.78, 5) is 0. The first-order valence-corrected chi connectivity index (χ1v) is 6.05. The van der Waals surface area contributed by atoms with Crippen molar-refractivity contribution in [3.05, 3.63) is 23.3 Å². The van der Waals surface area contributed by atoms with Crippen LogP contribution in [-0.4, -0.2) is 5.88 Å². The fourth-order valence-electron chi connectivity index (χ4n) is 2.01. The zero-order chi connectivity index (χ0) is 10.6. The van der Waals surface area contributed by atoms with Crippen molar-refractivity contribution in [3.8, 4) is 0 Å². The standard InChI is InChI=1S/C13H21Cl/c1-13(2,3)12-9-5-4-7-11(12)8-6-10-14/h7,9H,4-6,8,10H2,1-3H3. The second-order valence-corrected chi connectivity index (χ2v) is 5.35. The van der Waals surface area contributed by atoms with Crippen LogP contribution in [0.2, 0.25) is 0 Å². The fraction of sp³-hybridized carbons (Fsp3) is 0.692. The van der Waals surface area contributed by atoms with Gasteiger partial charge in [-0.2, -0.15) is 0 Å². The topological polar surface area (TPSA) is 0 Å². The molecular formula is C13H21Cl. The van der Waals surface area contributed by atoms with E-state index in [1.54, 1.807) is 0 Å². The van der Waals surface area contributed by atoms with E-state index in [9.17, 15) is 0 Å². The Labute approximate surface area is 93.0 Å². The van der Waals surface area contributed by atoms with Crippen LogP contribution in [0.4, 0.5) is 0 Å². The molecule has 0 aromatic heterocycles. The van der Waals surface area contributed by atoms with Crippen LogP contribution in [0.1, 0.15) is 46.5 Å². The molecule has 0 aromatic rings. The van der Waals surface area contributed by atoms with Crippen LogP contribution < -0.4 is 0 Å². The molecule has 0 saturated heterocycles. The predicted molar refractivity (Wildman–Crippen MR) is 64.8 cm³/mol. The number of halogens is 1. The highest BCUT2D eigenvalue weighted by Gasteiger charge is 2.21. The summed E-state index contributed by atoms with van der Waals surface area (Å²) in [6.45, 7) is 6.87. The molecule has 0 unspecified atom stereocenters.